The molecule has 1 aromatic carbocycles. The van der Waals surface area contributed by atoms with E-state index in [4.69, 9.17) is 10.5 Å². The Morgan fingerprint density at radius 1 is 1.39 bits per heavy atom. The Bertz CT molecular complexity index is 508. The van der Waals surface area contributed by atoms with Crippen LogP contribution in [-0.4, -0.2) is 24.7 Å². The van der Waals surface area contributed by atoms with Gasteiger partial charge in [-0.05, 0) is 32.4 Å². The van der Waals surface area contributed by atoms with E-state index in [0.29, 0.717) is 17.9 Å². The van der Waals surface area contributed by atoms with Crippen LogP contribution in [0.3, 0.4) is 0 Å². The van der Waals surface area contributed by atoms with E-state index in [9.17, 15) is 13.6 Å². The van der Waals surface area contributed by atoms with Gasteiger partial charge in [0, 0.05) is 18.2 Å². The summed E-state index contributed by atoms with van der Waals surface area (Å²) in [6.07, 6.45) is 0.800. The van der Waals surface area contributed by atoms with Crippen LogP contribution >= 0.6 is 12.4 Å². The minimum Gasteiger partial charge on any atom is -0.493 e. The van der Waals surface area contributed by atoms with Crippen LogP contribution in [0.15, 0.2) is 18.2 Å². The van der Waals surface area contributed by atoms with Crippen LogP contribution in [0.5, 0.6) is 11.5 Å². The van der Waals surface area contributed by atoms with Crippen molar-refractivity contribution >= 4 is 18.3 Å². The molecule has 0 radical (unpaired) electrons. The standard InChI is InChI=1S/C15H22F2N2O3.ClH/c1-4-7-21-11-6-5-10(12(8-11)22-14(16)17)9-19-13(20)15(2,3)18;/h5-6,8,14H,4,7,9,18H2,1-3H3,(H,19,20);1H. The zero-order valence-corrected chi connectivity index (χ0v) is 14.2. The number of halogens is 3. The Kier molecular flexibility index (Phi) is 8.86. The first-order valence-corrected chi connectivity index (χ1v) is 7.01. The van der Waals surface area contributed by atoms with Gasteiger partial charge in [-0.15, -0.1) is 12.4 Å². The molecule has 132 valence electrons. The lowest BCUT2D eigenvalue weighted by molar-refractivity contribution is -0.125. The molecule has 0 heterocycles. The van der Waals surface area contributed by atoms with Gasteiger partial charge in [0.25, 0.3) is 0 Å². The van der Waals surface area contributed by atoms with Gasteiger partial charge in [-0.25, -0.2) is 0 Å². The Balaban J connectivity index is 0.00000484. The number of nitrogens with two attached hydrogens (primary N) is 1. The molecule has 1 amide bonds. The van der Waals surface area contributed by atoms with Crippen molar-refractivity contribution in [2.45, 2.75) is 45.9 Å². The van der Waals surface area contributed by atoms with Crippen molar-refractivity contribution < 1.29 is 23.0 Å². The minimum absolute atomic E-state index is 0. The molecule has 0 unspecified atom stereocenters. The molecule has 0 atom stereocenters. The molecule has 0 spiro atoms. The number of amides is 1. The van der Waals surface area contributed by atoms with Crippen LogP contribution in [0.4, 0.5) is 8.78 Å². The van der Waals surface area contributed by atoms with Crippen molar-refractivity contribution in [1.29, 1.82) is 0 Å². The summed E-state index contributed by atoms with van der Waals surface area (Å²) in [5.74, 6) is 0.0206. The van der Waals surface area contributed by atoms with E-state index in [1.807, 2.05) is 6.92 Å². The molecule has 0 saturated carbocycles. The summed E-state index contributed by atoms with van der Waals surface area (Å²) >= 11 is 0. The largest absolute Gasteiger partial charge is 0.493 e. The Morgan fingerprint density at radius 3 is 2.57 bits per heavy atom. The highest BCUT2D eigenvalue weighted by Gasteiger charge is 2.22. The monoisotopic (exact) mass is 352 g/mol. The van der Waals surface area contributed by atoms with E-state index in [2.05, 4.69) is 10.1 Å². The molecule has 1 aromatic rings. The molecule has 5 nitrogen and oxygen atoms in total. The van der Waals surface area contributed by atoms with Crippen LogP contribution in [0.2, 0.25) is 0 Å². The predicted molar refractivity (Wildman–Crippen MR) is 86.2 cm³/mol. The van der Waals surface area contributed by atoms with Gasteiger partial charge in [0.2, 0.25) is 5.91 Å². The number of ether oxygens (including phenoxy) is 2. The zero-order valence-electron chi connectivity index (χ0n) is 13.4. The average Bonchev–Trinajstić information content (AvgIpc) is 2.42. The molecule has 0 aliphatic rings. The van der Waals surface area contributed by atoms with Gasteiger partial charge in [0.15, 0.2) is 0 Å². The highest BCUT2D eigenvalue weighted by molar-refractivity contribution is 5.85. The van der Waals surface area contributed by atoms with Crippen LogP contribution in [-0.2, 0) is 11.3 Å². The quantitative estimate of drug-likeness (QED) is 0.754. The van der Waals surface area contributed by atoms with Gasteiger partial charge >= 0.3 is 6.61 Å². The highest BCUT2D eigenvalue weighted by atomic mass is 35.5. The molecule has 0 fully saturated rings. The average molecular weight is 353 g/mol. The summed E-state index contributed by atoms with van der Waals surface area (Å²) < 4.78 is 34.9. The number of carbonyl (C=O) groups excluding carboxylic acids is 1. The SMILES string of the molecule is CCCOc1ccc(CNC(=O)C(C)(C)N)c(OC(F)F)c1.Cl. The smallest absolute Gasteiger partial charge is 0.387 e. The molecular weight excluding hydrogens is 330 g/mol. The van der Waals surface area contributed by atoms with E-state index in [1.165, 1.54) is 6.07 Å². The first-order chi connectivity index (χ1) is 10.2. The summed E-state index contributed by atoms with van der Waals surface area (Å²) in [5, 5.41) is 2.59. The minimum atomic E-state index is -2.96. The third-order valence-corrected chi connectivity index (χ3v) is 2.75. The number of alkyl halides is 2. The van der Waals surface area contributed by atoms with Gasteiger partial charge in [0.1, 0.15) is 11.5 Å². The molecule has 23 heavy (non-hydrogen) atoms. The first kappa shape index (κ1) is 21.4. The predicted octanol–water partition coefficient (Wildman–Crippen LogP) is 2.85. The van der Waals surface area contributed by atoms with Crippen molar-refractivity contribution in [1.82, 2.24) is 5.32 Å². The van der Waals surface area contributed by atoms with Gasteiger partial charge < -0.3 is 20.5 Å². The molecule has 0 saturated heterocycles. The van der Waals surface area contributed by atoms with Crippen molar-refractivity contribution in [3.8, 4) is 11.5 Å². The topological polar surface area (TPSA) is 73.6 Å². The third-order valence-electron chi connectivity index (χ3n) is 2.75. The normalized spacial score (nSPS) is 10.9. The number of hydrogen-bond donors (Lipinski definition) is 2. The maximum absolute atomic E-state index is 12.5. The van der Waals surface area contributed by atoms with E-state index in [1.54, 1.807) is 26.0 Å². The van der Waals surface area contributed by atoms with Gasteiger partial charge in [-0.3, -0.25) is 4.79 Å². The number of rotatable bonds is 8. The van der Waals surface area contributed by atoms with E-state index in [0.717, 1.165) is 6.42 Å². The van der Waals surface area contributed by atoms with Crippen molar-refractivity contribution in [3.63, 3.8) is 0 Å². The van der Waals surface area contributed by atoms with E-state index in [-0.39, 0.29) is 30.6 Å². The molecule has 3 N–H and O–H groups in total. The fraction of sp³-hybridized carbons (Fsp3) is 0.533. The molecular formula is C15H23ClF2N2O3. The number of hydrogen-bond acceptors (Lipinski definition) is 4. The molecule has 8 heteroatoms. The fourth-order valence-electron chi connectivity index (χ4n) is 1.60. The zero-order chi connectivity index (χ0) is 16.8. The maximum Gasteiger partial charge on any atom is 0.387 e. The summed E-state index contributed by atoms with van der Waals surface area (Å²) in [7, 11) is 0. The lowest BCUT2D eigenvalue weighted by Gasteiger charge is -2.19. The van der Waals surface area contributed by atoms with Crippen molar-refractivity contribution in [2.24, 2.45) is 5.73 Å². The van der Waals surface area contributed by atoms with Crippen LogP contribution in [0, 0.1) is 0 Å². The lowest BCUT2D eigenvalue weighted by atomic mass is 10.1. The third kappa shape index (κ3) is 7.47. The second-order valence-corrected chi connectivity index (χ2v) is 5.40. The number of nitrogens with one attached hydrogen (secondary N) is 1. The first-order valence-electron chi connectivity index (χ1n) is 7.01. The molecule has 0 aliphatic carbocycles. The van der Waals surface area contributed by atoms with Crippen LogP contribution < -0.4 is 20.5 Å². The summed E-state index contributed by atoms with van der Waals surface area (Å²) in [5.41, 5.74) is 5.03. The molecule has 1 rings (SSSR count). The molecule has 0 aromatic heterocycles. The number of benzene rings is 1. The summed E-state index contributed by atoms with van der Waals surface area (Å²) in [4.78, 5) is 11.7. The van der Waals surface area contributed by atoms with Crippen LogP contribution in [0.1, 0.15) is 32.8 Å². The molecule has 0 bridgehead atoms. The number of carbonyl (C=O) groups is 1. The Hall–Kier alpha value is -1.60. The van der Waals surface area contributed by atoms with Gasteiger partial charge in [0.05, 0.1) is 12.1 Å². The van der Waals surface area contributed by atoms with Crippen molar-refractivity contribution in [2.75, 3.05) is 6.61 Å². The summed E-state index contributed by atoms with van der Waals surface area (Å²) in [6, 6.07) is 4.60. The second-order valence-electron chi connectivity index (χ2n) is 5.40. The maximum atomic E-state index is 12.5. The van der Waals surface area contributed by atoms with E-state index >= 15 is 0 Å². The summed E-state index contributed by atoms with van der Waals surface area (Å²) in [6.45, 7) is 2.61. The van der Waals surface area contributed by atoms with Crippen molar-refractivity contribution in [3.05, 3.63) is 23.8 Å². The van der Waals surface area contributed by atoms with Gasteiger partial charge in [-0.2, -0.15) is 8.78 Å². The molecule has 0 aliphatic heterocycles. The lowest BCUT2D eigenvalue weighted by Crippen LogP contribution is -2.48. The Morgan fingerprint density at radius 2 is 2.04 bits per heavy atom. The fourth-order valence-corrected chi connectivity index (χ4v) is 1.60. The highest BCUT2D eigenvalue weighted by Crippen LogP contribution is 2.26. The van der Waals surface area contributed by atoms with Gasteiger partial charge in [-0.1, -0.05) is 6.92 Å². The van der Waals surface area contributed by atoms with Crippen LogP contribution in [0.25, 0.3) is 0 Å². The Labute approximate surface area is 140 Å². The second kappa shape index (κ2) is 9.52. The van der Waals surface area contributed by atoms with E-state index < -0.39 is 12.2 Å².